The summed E-state index contributed by atoms with van der Waals surface area (Å²) in [4.78, 5) is 12.4. The van der Waals surface area contributed by atoms with Gasteiger partial charge < -0.3 is 24.3 Å². The Labute approximate surface area is 169 Å². The number of rotatable bonds is 7. The molecule has 1 N–H and O–H groups in total. The number of hydrogen-bond donors (Lipinski definition) is 1. The monoisotopic (exact) mass is 395 g/mol. The first-order valence-corrected chi connectivity index (χ1v) is 10.4. The molecule has 3 rings (SSSR count). The summed E-state index contributed by atoms with van der Waals surface area (Å²) in [6.07, 6.45) is 4.39. The van der Waals surface area contributed by atoms with Crippen LogP contribution in [-0.2, 0) is 23.7 Å². The third kappa shape index (κ3) is 4.61. The molecule has 0 aromatic heterocycles. The topological polar surface area (TPSA) is 72.6 Å². The highest BCUT2D eigenvalue weighted by Gasteiger charge is 2.72. The zero-order valence-corrected chi connectivity index (χ0v) is 18.5. The van der Waals surface area contributed by atoms with Crippen LogP contribution in [0.3, 0.4) is 0 Å². The number of methoxy groups -OCH3 is 1. The molecule has 3 fully saturated rings. The highest BCUT2D eigenvalue weighted by molar-refractivity contribution is 5.72. The van der Waals surface area contributed by atoms with E-state index in [1.165, 1.54) is 5.57 Å². The molecular formula is C22H37NO5. The highest BCUT2D eigenvalue weighted by Crippen LogP contribution is 2.59. The summed E-state index contributed by atoms with van der Waals surface area (Å²) in [7, 11) is 1.70. The van der Waals surface area contributed by atoms with Crippen LogP contribution in [-0.4, -0.2) is 61.3 Å². The van der Waals surface area contributed by atoms with Gasteiger partial charge in [-0.25, -0.2) is 0 Å². The molecule has 2 aliphatic heterocycles. The van der Waals surface area contributed by atoms with E-state index in [0.717, 1.165) is 25.9 Å². The molecule has 2 saturated heterocycles. The maximum absolute atomic E-state index is 12.4. The molecule has 0 radical (unpaired) electrons. The van der Waals surface area contributed by atoms with Crippen LogP contribution in [0.15, 0.2) is 11.6 Å². The number of epoxide rings is 2. The Kier molecular flexibility index (Phi) is 5.99. The van der Waals surface area contributed by atoms with Crippen molar-refractivity contribution in [3.8, 4) is 0 Å². The zero-order chi connectivity index (χ0) is 20.7. The van der Waals surface area contributed by atoms with Crippen LogP contribution in [0, 0.1) is 5.92 Å². The molecule has 0 aromatic rings. The standard InChI is InChI=1S/C22H37NO5/c1-14(2)8-9-16-21(6,28-16)19-18(25-7)15(10-11-22(19)13-26-22)27-17(24)12-23-20(3,4)5/h8,15-16,18-19,23H,9-13H2,1-7H3/t15-,16-,18-,19-,21-,22+/m1/s1. The molecule has 0 unspecified atom stereocenters. The van der Waals surface area contributed by atoms with Crippen molar-refractivity contribution in [3.05, 3.63) is 11.6 Å². The number of allylic oxidation sites excluding steroid dienone is 1. The van der Waals surface area contributed by atoms with Crippen LogP contribution in [0.5, 0.6) is 0 Å². The molecule has 28 heavy (non-hydrogen) atoms. The van der Waals surface area contributed by atoms with E-state index in [1.54, 1.807) is 7.11 Å². The van der Waals surface area contributed by atoms with Gasteiger partial charge in [-0.05, 0) is 60.8 Å². The van der Waals surface area contributed by atoms with Crippen molar-refractivity contribution in [2.45, 2.75) is 95.9 Å². The summed E-state index contributed by atoms with van der Waals surface area (Å²) in [5, 5.41) is 3.19. The lowest BCUT2D eigenvalue weighted by molar-refractivity contribution is -0.171. The third-order valence-corrected chi connectivity index (χ3v) is 6.28. The fourth-order valence-corrected chi connectivity index (χ4v) is 4.62. The summed E-state index contributed by atoms with van der Waals surface area (Å²) in [5.74, 6) is -0.181. The van der Waals surface area contributed by atoms with E-state index in [2.05, 4.69) is 32.2 Å². The lowest BCUT2D eigenvalue weighted by Crippen LogP contribution is -2.56. The lowest BCUT2D eigenvalue weighted by atomic mass is 9.68. The van der Waals surface area contributed by atoms with E-state index in [1.807, 2.05) is 20.8 Å². The minimum absolute atomic E-state index is 0.0580. The zero-order valence-electron chi connectivity index (χ0n) is 18.5. The Bertz CT molecular complexity index is 617. The van der Waals surface area contributed by atoms with Gasteiger partial charge in [-0.1, -0.05) is 11.6 Å². The van der Waals surface area contributed by atoms with Crippen LogP contribution in [0.1, 0.15) is 60.8 Å². The molecule has 1 spiro atoms. The van der Waals surface area contributed by atoms with Crippen molar-refractivity contribution in [2.24, 2.45) is 5.92 Å². The van der Waals surface area contributed by atoms with Crippen LogP contribution >= 0.6 is 0 Å². The van der Waals surface area contributed by atoms with E-state index in [4.69, 9.17) is 18.9 Å². The molecule has 160 valence electrons. The Balaban J connectivity index is 1.69. The van der Waals surface area contributed by atoms with Gasteiger partial charge >= 0.3 is 5.97 Å². The Morgan fingerprint density at radius 3 is 2.54 bits per heavy atom. The predicted octanol–water partition coefficient (Wildman–Crippen LogP) is 2.99. The van der Waals surface area contributed by atoms with Crippen LogP contribution in [0.4, 0.5) is 0 Å². The number of ether oxygens (including phenoxy) is 4. The molecule has 2 heterocycles. The highest BCUT2D eigenvalue weighted by atomic mass is 16.6. The number of carbonyl (C=O) groups excluding carboxylic acids is 1. The molecule has 6 atom stereocenters. The van der Waals surface area contributed by atoms with E-state index in [9.17, 15) is 4.79 Å². The fraction of sp³-hybridized carbons (Fsp3) is 0.864. The molecule has 1 saturated carbocycles. The summed E-state index contributed by atoms with van der Waals surface area (Å²) >= 11 is 0. The quantitative estimate of drug-likeness (QED) is 0.406. The smallest absolute Gasteiger partial charge is 0.320 e. The first kappa shape index (κ1) is 21.8. The average molecular weight is 396 g/mol. The Hall–Kier alpha value is -0.950. The van der Waals surface area contributed by atoms with Crippen molar-refractivity contribution in [1.82, 2.24) is 5.32 Å². The molecule has 6 heteroatoms. The normalized spacial score (nSPS) is 39.5. The maximum Gasteiger partial charge on any atom is 0.320 e. The maximum atomic E-state index is 12.4. The van der Waals surface area contributed by atoms with Gasteiger partial charge in [0.25, 0.3) is 0 Å². The van der Waals surface area contributed by atoms with Crippen molar-refractivity contribution < 1.29 is 23.7 Å². The van der Waals surface area contributed by atoms with Gasteiger partial charge in [0.1, 0.15) is 23.4 Å². The molecule has 1 aliphatic carbocycles. The molecule has 0 amide bonds. The van der Waals surface area contributed by atoms with Crippen LogP contribution in [0.25, 0.3) is 0 Å². The first-order valence-electron chi connectivity index (χ1n) is 10.4. The van der Waals surface area contributed by atoms with E-state index >= 15 is 0 Å². The summed E-state index contributed by atoms with van der Waals surface area (Å²) in [5.41, 5.74) is 0.661. The lowest BCUT2D eigenvalue weighted by Gasteiger charge is -2.42. The van der Waals surface area contributed by atoms with Gasteiger partial charge in [0.05, 0.1) is 25.2 Å². The van der Waals surface area contributed by atoms with Gasteiger partial charge in [0, 0.05) is 12.6 Å². The molecular weight excluding hydrogens is 358 g/mol. The number of hydrogen-bond acceptors (Lipinski definition) is 6. The van der Waals surface area contributed by atoms with E-state index in [-0.39, 0.29) is 53.5 Å². The summed E-state index contributed by atoms with van der Waals surface area (Å²) < 4.78 is 23.9. The first-order chi connectivity index (χ1) is 13.0. The van der Waals surface area contributed by atoms with Crippen molar-refractivity contribution in [3.63, 3.8) is 0 Å². The summed E-state index contributed by atoms with van der Waals surface area (Å²) in [6.45, 7) is 13.4. The second-order valence-corrected chi connectivity index (χ2v) is 10.0. The van der Waals surface area contributed by atoms with Gasteiger partial charge in [-0.3, -0.25) is 4.79 Å². The van der Waals surface area contributed by atoms with Crippen molar-refractivity contribution in [2.75, 3.05) is 20.3 Å². The second kappa shape index (κ2) is 7.71. The van der Waals surface area contributed by atoms with Crippen LogP contribution < -0.4 is 5.32 Å². The molecule has 0 bridgehead atoms. The summed E-state index contributed by atoms with van der Waals surface area (Å²) in [6, 6.07) is 0. The molecule has 0 aromatic carbocycles. The fourth-order valence-electron chi connectivity index (χ4n) is 4.62. The molecule has 3 aliphatic rings. The number of nitrogens with one attached hydrogen (secondary N) is 1. The molecule has 6 nitrogen and oxygen atoms in total. The SMILES string of the molecule is CO[C@@H]1[C@H](OC(=O)CNC(C)(C)C)CC[C@]2(CO2)[C@H]1[C@]1(C)O[C@@H]1CC=C(C)C. The van der Waals surface area contributed by atoms with Crippen LogP contribution in [0.2, 0.25) is 0 Å². The van der Waals surface area contributed by atoms with Crippen molar-refractivity contribution in [1.29, 1.82) is 0 Å². The number of esters is 1. The minimum atomic E-state index is -0.308. The van der Waals surface area contributed by atoms with Gasteiger partial charge in [0.15, 0.2) is 0 Å². The minimum Gasteiger partial charge on any atom is -0.459 e. The van der Waals surface area contributed by atoms with E-state index in [0.29, 0.717) is 0 Å². The van der Waals surface area contributed by atoms with Gasteiger partial charge in [-0.2, -0.15) is 0 Å². The van der Waals surface area contributed by atoms with E-state index < -0.39 is 0 Å². The van der Waals surface area contributed by atoms with Gasteiger partial charge in [-0.15, -0.1) is 0 Å². The predicted molar refractivity (Wildman–Crippen MR) is 107 cm³/mol. The largest absolute Gasteiger partial charge is 0.459 e. The third-order valence-electron chi connectivity index (χ3n) is 6.28. The Morgan fingerprint density at radius 2 is 2.00 bits per heavy atom. The van der Waals surface area contributed by atoms with Crippen molar-refractivity contribution >= 4 is 5.97 Å². The number of carbonyl (C=O) groups is 1. The second-order valence-electron chi connectivity index (χ2n) is 10.0. The van der Waals surface area contributed by atoms with Gasteiger partial charge in [0.2, 0.25) is 0 Å². The Morgan fingerprint density at radius 1 is 1.32 bits per heavy atom. The average Bonchev–Trinajstić information content (AvgIpc) is 3.50.